The van der Waals surface area contributed by atoms with Crippen LogP contribution in [0.5, 0.6) is 0 Å². The SMILES string of the molecule is C=CCN(CC(=O)N1CCCCC1c1nc(-c2ccc(Br)cc2)no1)C(=O)CC(C)CC(C)(C)C. The van der Waals surface area contributed by atoms with Gasteiger partial charge in [-0.1, -0.05) is 54.9 Å². The van der Waals surface area contributed by atoms with Crippen molar-refractivity contribution in [1.29, 1.82) is 0 Å². The lowest BCUT2D eigenvalue weighted by atomic mass is 9.84. The van der Waals surface area contributed by atoms with Gasteiger partial charge in [0, 0.05) is 29.5 Å². The minimum Gasteiger partial charge on any atom is -0.337 e. The Hall–Kier alpha value is -2.48. The van der Waals surface area contributed by atoms with Crippen molar-refractivity contribution in [2.45, 2.75) is 65.8 Å². The lowest BCUT2D eigenvalue weighted by molar-refractivity contribution is -0.143. The van der Waals surface area contributed by atoms with E-state index in [1.807, 2.05) is 24.3 Å². The fourth-order valence-electron chi connectivity index (χ4n) is 4.78. The van der Waals surface area contributed by atoms with E-state index >= 15 is 0 Å². The average Bonchev–Trinajstić information content (AvgIpc) is 3.28. The topological polar surface area (TPSA) is 79.5 Å². The Morgan fingerprint density at radius 2 is 2.00 bits per heavy atom. The Morgan fingerprint density at radius 3 is 2.66 bits per heavy atom. The van der Waals surface area contributed by atoms with Gasteiger partial charge >= 0.3 is 0 Å². The van der Waals surface area contributed by atoms with E-state index in [1.165, 1.54) is 0 Å². The van der Waals surface area contributed by atoms with Crippen molar-refractivity contribution in [3.8, 4) is 11.4 Å². The first kappa shape index (κ1) is 27.1. The van der Waals surface area contributed by atoms with Crippen LogP contribution in [0.4, 0.5) is 0 Å². The predicted octanol–water partition coefficient (Wildman–Crippen LogP) is 6.03. The molecule has 2 unspecified atom stereocenters. The molecule has 1 aromatic carbocycles. The van der Waals surface area contributed by atoms with E-state index in [2.05, 4.69) is 60.3 Å². The molecule has 35 heavy (non-hydrogen) atoms. The summed E-state index contributed by atoms with van der Waals surface area (Å²) in [4.78, 5) is 34.5. The smallest absolute Gasteiger partial charge is 0.249 e. The molecular formula is C27H37BrN4O3. The highest BCUT2D eigenvalue weighted by atomic mass is 79.9. The fourth-order valence-corrected chi connectivity index (χ4v) is 5.05. The monoisotopic (exact) mass is 544 g/mol. The van der Waals surface area contributed by atoms with Gasteiger partial charge in [-0.25, -0.2) is 0 Å². The van der Waals surface area contributed by atoms with E-state index < -0.39 is 0 Å². The third-order valence-electron chi connectivity index (χ3n) is 6.16. The molecule has 1 aromatic heterocycles. The molecule has 0 radical (unpaired) electrons. The third kappa shape index (κ3) is 7.75. The molecule has 7 nitrogen and oxygen atoms in total. The third-order valence-corrected chi connectivity index (χ3v) is 6.69. The highest BCUT2D eigenvalue weighted by Gasteiger charge is 2.33. The zero-order valence-corrected chi connectivity index (χ0v) is 22.9. The second-order valence-electron chi connectivity index (χ2n) is 10.7. The molecule has 1 saturated heterocycles. The first-order valence-corrected chi connectivity index (χ1v) is 13.1. The minimum atomic E-state index is -0.284. The highest BCUT2D eigenvalue weighted by Crippen LogP contribution is 2.32. The van der Waals surface area contributed by atoms with Gasteiger partial charge in [-0.15, -0.1) is 6.58 Å². The fraction of sp³-hybridized carbons (Fsp3) is 0.556. The predicted molar refractivity (Wildman–Crippen MR) is 140 cm³/mol. The largest absolute Gasteiger partial charge is 0.337 e. The lowest BCUT2D eigenvalue weighted by Gasteiger charge is -2.35. The van der Waals surface area contributed by atoms with Crippen LogP contribution < -0.4 is 0 Å². The minimum absolute atomic E-state index is 0.0149. The molecule has 0 N–H and O–H groups in total. The van der Waals surface area contributed by atoms with Crippen molar-refractivity contribution in [3.63, 3.8) is 0 Å². The van der Waals surface area contributed by atoms with Gasteiger partial charge in [0.1, 0.15) is 12.6 Å². The first-order valence-electron chi connectivity index (χ1n) is 12.3. The van der Waals surface area contributed by atoms with Crippen LogP contribution in [0.15, 0.2) is 45.9 Å². The maximum atomic E-state index is 13.4. The summed E-state index contributed by atoms with van der Waals surface area (Å²) in [6, 6.07) is 7.41. The van der Waals surface area contributed by atoms with Gasteiger partial charge in [0.15, 0.2) is 0 Å². The molecule has 0 spiro atoms. The molecule has 8 heteroatoms. The molecule has 3 rings (SSSR count). The number of hydrogen-bond donors (Lipinski definition) is 0. The Balaban J connectivity index is 1.70. The van der Waals surface area contributed by atoms with Crippen molar-refractivity contribution >= 4 is 27.7 Å². The molecule has 0 saturated carbocycles. The van der Waals surface area contributed by atoms with Crippen LogP contribution in [-0.4, -0.2) is 51.4 Å². The molecule has 2 heterocycles. The molecule has 1 aliphatic heterocycles. The summed E-state index contributed by atoms with van der Waals surface area (Å²) in [7, 11) is 0. The molecular weight excluding hydrogens is 508 g/mol. The quantitative estimate of drug-likeness (QED) is 0.360. The summed E-state index contributed by atoms with van der Waals surface area (Å²) in [6.07, 6.45) is 5.68. The molecule has 1 aliphatic rings. The van der Waals surface area contributed by atoms with Gasteiger partial charge in [0.2, 0.25) is 23.5 Å². The maximum Gasteiger partial charge on any atom is 0.249 e. The number of rotatable bonds is 9. The van der Waals surface area contributed by atoms with Crippen molar-refractivity contribution in [2.75, 3.05) is 19.6 Å². The molecule has 2 aromatic rings. The highest BCUT2D eigenvalue weighted by molar-refractivity contribution is 9.10. The standard InChI is InChI=1S/C27H37BrN4O3/c1-6-14-31(23(33)16-19(2)17-27(3,4)5)18-24(34)32-15-8-7-9-22(32)26-29-25(30-35-26)20-10-12-21(28)13-11-20/h6,10-13,19,22H,1,7-9,14-18H2,2-5H3. The number of carbonyl (C=O) groups is 2. The van der Waals surface area contributed by atoms with Crippen LogP contribution in [-0.2, 0) is 9.59 Å². The van der Waals surface area contributed by atoms with Crippen LogP contribution in [0.1, 0.15) is 71.7 Å². The summed E-state index contributed by atoms with van der Waals surface area (Å²) in [6.45, 7) is 13.4. The second kappa shape index (κ2) is 12.0. The molecule has 2 amide bonds. The van der Waals surface area contributed by atoms with Gasteiger partial charge in [-0.05, 0) is 61.3 Å². The van der Waals surface area contributed by atoms with Crippen LogP contribution in [0.25, 0.3) is 11.4 Å². The molecule has 0 bridgehead atoms. The zero-order chi connectivity index (χ0) is 25.6. The second-order valence-corrected chi connectivity index (χ2v) is 11.6. The van der Waals surface area contributed by atoms with Gasteiger partial charge < -0.3 is 14.3 Å². The van der Waals surface area contributed by atoms with E-state index in [1.54, 1.807) is 15.9 Å². The van der Waals surface area contributed by atoms with Crippen molar-refractivity contribution in [1.82, 2.24) is 19.9 Å². The summed E-state index contributed by atoms with van der Waals surface area (Å²) >= 11 is 3.43. The number of nitrogens with zero attached hydrogens (tertiary/aromatic N) is 4. The summed E-state index contributed by atoms with van der Waals surface area (Å²) < 4.78 is 6.58. The number of likely N-dealkylation sites (tertiary alicyclic amines) is 1. The van der Waals surface area contributed by atoms with E-state index in [-0.39, 0.29) is 35.7 Å². The Bertz CT molecular complexity index is 1010. The Kier molecular flexibility index (Phi) is 9.27. The molecule has 2 atom stereocenters. The average molecular weight is 546 g/mol. The van der Waals surface area contributed by atoms with Crippen LogP contribution in [0.3, 0.4) is 0 Å². The van der Waals surface area contributed by atoms with Gasteiger partial charge in [0.25, 0.3) is 0 Å². The number of carbonyl (C=O) groups excluding carboxylic acids is 2. The molecule has 0 aliphatic carbocycles. The zero-order valence-electron chi connectivity index (χ0n) is 21.3. The summed E-state index contributed by atoms with van der Waals surface area (Å²) in [5.74, 6) is 1.07. The van der Waals surface area contributed by atoms with Crippen LogP contribution in [0, 0.1) is 11.3 Å². The van der Waals surface area contributed by atoms with Gasteiger partial charge in [0.05, 0.1) is 0 Å². The maximum absolute atomic E-state index is 13.4. The lowest BCUT2D eigenvalue weighted by Crippen LogP contribution is -2.46. The van der Waals surface area contributed by atoms with Crippen molar-refractivity contribution < 1.29 is 14.1 Å². The molecule has 190 valence electrons. The van der Waals surface area contributed by atoms with Gasteiger partial charge in [-0.2, -0.15) is 4.98 Å². The van der Waals surface area contributed by atoms with E-state index in [9.17, 15) is 9.59 Å². The number of benzene rings is 1. The summed E-state index contributed by atoms with van der Waals surface area (Å²) in [5, 5.41) is 4.15. The van der Waals surface area contributed by atoms with E-state index in [0.717, 1.165) is 35.7 Å². The number of hydrogen-bond acceptors (Lipinski definition) is 5. The number of piperidine rings is 1. The molecule has 1 fully saturated rings. The Labute approximate surface area is 217 Å². The van der Waals surface area contributed by atoms with Crippen LogP contribution >= 0.6 is 15.9 Å². The van der Waals surface area contributed by atoms with E-state index in [0.29, 0.717) is 31.2 Å². The van der Waals surface area contributed by atoms with E-state index in [4.69, 9.17) is 4.52 Å². The normalized spacial score (nSPS) is 17.2. The Morgan fingerprint density at radius 1 is 1.29 bits per heavy atom. The number of halogens is 1. The number of aromatic nitrogens is 2. The summed E-state index contributed by atoms with van der Waals surface area (Å²) in [5.41, 5.74) is 1.00. The first-order chi connectivity index (χ1) is 16.6. The van der Waals surface area contributed by atoms with Crippen molar-refractivity contribution in [2.24, 2.45) is 11.3 Å². The van der Waals surface area contributed by atoms with Gasteiger partial charge in [-0.3, -0.25) is 9.59 Å². The van der Waals surface area contributed by atoms with Crippen molar-refractivity contribution in [3.05, 3.63) is 47.3 Å². The van der Waals surface area contributed by atoms with Crippen LogP contribution in [0.2, 0.25) is 0 Å². The number of amides is 2.